The first-order valence-corrected chi connectivity index (χ1v) is 15.5. The zero-order valence-corrected chi connectivity index (χ0v) is 26.7. The van der Waals surface area contributed by atoms with Gasteiger partial charge in [-0.2, -0.15) is 0 Å². The van der Waals surface area contributed by atoms with E-state index in [0.29, 0.717) is 0 Å². The van der Waals surface area contributed by atoms with Gasteiger partial charge in [0.2, 0.25) is 0 Å². The highest BCUT2D eigenvalue weighted by atomic mass is 16.5. The first-order valence-electron chi connectivity index (χ1n) is 15.5. The van der Waals surface area contributed by atoms with E-state index in [2.05, 4.69) is 31.4 Å². The first-order chi connectivity index (χ1) is 22.9. The molecule has 6 aromatic carbocycles. The SMILES string of the molecule is Cc1ccc(Oc2ccc(/N=C\C(Nc3ccc(Oc4ccc(C)cc4)cc3)Nc3ccc(Oc4ccc(C)cc4)cc3)cc2)cc1. The van der Waals surface area contributed by atoms with Gasteiger partial charge in [-0.25, -0.2) is 0 Å². The Bertz CT molecular complexity index is 1790. The second-order valence-electron chi connectivity index (χ2n) is 11.3. The fourth-order valence-corrected chi connectivity index (χ4v) is 4.70. The van der Waals surface area contributed by atoms with Crippen LogP contribution in [0.2, 0.25) is 0 Å². The molecule has 0 heterocycles. The minimum Gasteiger partial charge on any atom is -0.457 e. The Morgan fingerprint density at radius 2 is 0.681 bits per heavy atom. The quantitative estimate of drug-likeness (QED) is 0.105. The maximum atomic E-state index is 6.01. The summed E-state index contributed by atoms with van der Waals surface area (Å²) in [4.78, 5) is 4.76. The van der Waals surface area contributed by atoms with Crippen LogP contribution in [0.3, 0.4) is 0 Å². The summed E-state index contributed by atoms with van der Waals surface area (Å²) >= 11 is 0. The Balaban J connectivity index is 1.15. The molecule has 0 amide bonds. The van der Waals surface area contributed by atoms with Gasteiger partial charge in [0.05, 0.1) is 5.69 Å². The molecular weight excluding hydrogens is 582 g/mol. The molecule has 6 rings (SSSR count). The highest BCUT2D eigenvalue weighted by Crippen LogP contribution is 2.27. The van der Waals surface area contributed by atoms with E-state index < -0.39 is 0 Å². The standard InChI is InChI=1S/C41H37N3O3/c1-29-4-16-35(17-5-29)45-38-22-10-32(11-23-38)42-28-41(43-33-12-24-39(25-13-33)46-36-18-6-30(2)7-19-36)44-34-14-26-40(27-15-34)47-37-20-8-31(3)9-21-37/h4-28,41,43-44H,1-3H3/b42-28-. The molecule has 0 saturated heterocycles. The molecule has 6 aromatic rings. The summed E-state index contributed by atoms with van der Waals surface area (Å²) in [6.07, 6.45) is 1.52. The van der Waals surface area contributed by atoms with Gasteiger partial charge in [-0.1, -0.05) is 53.1 Å². The number of nitrogens with one attached hydrogen (secondary N) is 2. The minimum atomic E-state index is -0.328. The van der Waals surface area contributed by atoms with Crippen LogP contribution < -0.4 is 24.8 Å². The van der Waals surface area contributed by atoms with E-state index >= 15 is 0 Å². The van der Waals surface area contributed by atoms with Gasteiger partial charge in [0.15, 0.2) is 0 Å². The van der Waals surface area contributed by atoms with E-state index in [9.17, 15) is 0 Å². The van der Waals surface area contributed by atoms with E-state index in [4.69, 9.17) is 19.2 Å². The Labute approximate surface area is 276 Å². The van der Waals surface area contributed by atoms with Crippen molar-refractivity contribution in [2.75, 3.05) is 10.6 Å². The van der Waals surface area contributed by atoms with Crippen molar-refractivity contribution in [1.82, 2.24) is 0 Å². The number of benzene rings is 6. The van der Waals surface area contributed by atoms with Crippen LogP contribution in [-0.4, -0.2) is 12.4 Å². The normalized spacial score (nSPS) is 11.0. The van der Waals surface area contributed by atoms with E-state index in [1.54, 1.807) is 0 Å². The average Bonchev–Trinajstić information content (AvgIpc) is 3.09. The molecule has 0 aliphatic carbocycles. The summed E-state index contributed by atoms with van der Waals surface area (Å²) in [5.74, 6) is 4.66. The number of aryl methyl sites for hydroxylation is 3. The van der Waals surface area contributed by atoms with Crippen molar-refractivity contribution in [3.63, 3.8) is 0 Å². The number of hydrogen-bond donors (Lipinski definition) is 2. The summed E-state index contributed by atoms with van der Waals surface area (Å²) in [6.45, 7) is 6.17. The summed E-state index contributed by atoms with van der Waals surface area (Å²) in [7, 11) is 0. The summed E-state index contributed by atoms with van der Waals surface area (Å²) in [6, 6.07) is 47.4. The summed E-state index contributed by atoms with van der Waals surface area (Å²) in [5, 5.41) is 7.07. The molecule has 0 aromatic heterocycles. The van der Waals surface area contributed by atoms with Gasteiger partial charge < -0.3 is 24.8 Å². The summed E-state index contributed by atoms with van der Waals surface area (Å²) in [5.41, 5.74) is 6.20. The third kappa shape index (κ3) is 9.25. The van der Waals surface area contributed by atoms with Crippen LogP contribution >= 0.6 is 0 Å². The lowest BCUT2D eigenvalue weighted by molar-refractivity contribution is 0.482. The van der Waals surface area contributed by atoms with Crippen LogP contribution in [-0.2, 0) is 0 Å². The van der Waals surface area contributed by atoms with Crippen molar-refractivity contribution in [2.24, 2.45) is 4.99 Å². The Morgan fingerprint density at radius 1 is 0.404 bits per heavy atom. The number of ether oxygens (including phenoxy) is 3. The van der Waals surface area contributed by atoms with Crippen LogP contribution in [0.15, 0.2) is 151 Å². The first kappa shape index (κ1) is 31.0. The van der Waals surface area contributed by atoms with Crippen molar-refractivity contribution in [3.8, 4) is 34.5 Å². The second kappa shape index (κ2) is 14.8. The predicted octanol–water partition coefficient (Wildman–Crippen LogP) is 11.2. The van der Waals surface area contributed by atoms with E-state index in [1.165, 1.54) is 16.7 Å². The van der Waals surface area contributed by atoms with Crippen molar-refractivity contribution >= 4 is 23.3 Å². The molecule has 0 spiro atoms. The topological polar surface area (TPSA) is 64.1 Å². The molecule has 0 radical (unpaired) electrons. The number of aliphatic imine (C=N–C) groups is 1. The molecule has 0 fully saturated rings. The number of anilines is 2. The van der Waals surface area contributed by atoms with Crippen LogP contribution in [0.25, 0.3) is 0 Å². The Morgan fingerprint density at radius 3 is 1.00 bits per heavy atom. The maximum Gasteiger partial charge on any atom is 0.133 e. The molecule has 0 aliphatic rings. The molecule has 6 nitrogen and oxygen atoms in total. The Hall–Kier alpha value is -6.01. The van der Waals surface area contributed by atoms with Crippen LogP contribution in [0.1, 0.15) is 16.7 Å². The van der Waals surface area contributed by atoms with Crippen molar-refractivity contribution in [3.05, 3.63) is 162 Å². The third-order valence-corrected chi connectivity index (χ3v) is 7.33. The molecule has 0 unspecified atom stereocenters. The highest BCUT2D eigenvalue weighted by Gasteiger charge is 2.08. The largest absolute Gasteiger partial charge is 0.457 e. The molecule has 0 aliphatic heterocycles. The molecular formula is C41H37N3O3. The third-order valence-electron chi connectivity index (χ3n) is 7.33. The van der Waals surface area contributed by atoms with E-state index in [-0.39, 0.29) is 6.17 Å². The predicted molar refractivity (Wildman–Crippen MR) is 192 cm³/mol. The Kier molecular flexibility index (Phi) is 9.79. The number of rotatable bonds is 12. The molecule has 234 valence electrons. The summed E-state index contributed by atoms with van der Waals surface area (Å²) < 4.78 is 18.0. The van der Waals surface area contributed by atoms with Crippen LogP contribution in [0.5, 0.6) is 34.5 Å². The second-order valence-corrected chi connectivity index (χ2v) is 11.3. The molecule has 6 heteroatoms. The lowest BCUT2D eigenvalue weighted by Gasteiger charge is -2.19. The average molecular weight is 620 g/mol. The molecule has 47 heavy (non-hydrogen) atoms. The highest BCUT2D eigenvalue weighted by molar-refractivity contribution is 5.76. The van der Waals surface area contributed by atoms with Gasteiger partial charge in [-0.15, -0.1) is 0 Å². The molecule has 0 saturated carbocycles. The van der Waals surface area contributed by atoms with Gasteiger partial charge >= 0.3 is 0 Å². The smallest absolute Gasteiger partial charge is 0.133 e. The zero-order chi connectivity index (χ0) is 32.4. The molecule has 0 bridgehead atoms. The molecule has 2 N–H and O–H groups in total. The fourth-order valence-electron chi connectivity index (χ4n) is 4.70. The van der Waals surface area contributed by atoms with E-state index in [1.807, 2.05) is 152 Å². The lowest BCUT2D eigenvalue weighted by Crippen LogP contribution is -2.30. The van der Waals surface area contributed by atoms with Gasteiger partial charge in [0, 0.05) is 17.6 Å². The maximum absolute atomic E-state index is 6.01. The van der Waals surface area contributed by atoms with Crippen LogP contribution in [0, 0.1) is 20.8 Å². The fraction of sp³-hybridized carbons (Fsp3) is 0.0976. The number of hydrogen-bond acceptors (Lipinski definition) is 6. The van der Waals surface area contributed by atoms with Crippen molar-refractivity contribution in [1.29, 1.82) is 0 Å². The number of nitrogens with zero attached hydrogens (tertiary/aromatic N) is 1. The van der Waals surface area contributed by atoms with Crippen LogP contribution in [0.4, 0.5) is 17.1 Å². The monoisotopic (exact) mass is 619 g/mol. The molecule has 0 atom stereocenters. The minimum absolute atomic E-state index is 0.328. The van der Waals surface area contributed by atoms with Crippen molar-refractivity contribution < 1.29 is 14.2 Å². The lowest BCUT2D eigenvalue weighted by atomic mass is 10.2. The zero-order valence-electron chi connectivity index (χ0n) is 26.7. The van der Waals surface area contributed by atoms with E-state index in [0.717, 1.165) is 51.6 Å². The van der Waals surface area contributed by atoms with Gasteiger partial charge in [-0.05, 0) is 130 Å². The van der Waals surface area contributed by atoms with Gasteiger partial charge in [0.25, 0.3) is 0 Å². The van der Waals surface area contributed by atoms with Gasteiger partial charge in [-0.3, -0.25) is 4.99 Å². The van der Waals surface area contributed by atoms with Crippen molar-refractivity contribution in [2.45, 2.75) is 26.9 Å². The van der Waals surface area contributed by atoms with Gasteiger partial charge in [0.1, 0.15) is 40.7 Å².